The largest absolute Gasteiger partial charge is 0.450 e. The molecule has 10 nitrogen and oxygen atoms in total. The Hall–Kier alpha value is -2.86. The summed E-state index contributed by atoms with van der Waals surface area (Å²) >= 11 is 2.44. The van der Waals surface area contributed by atoms with Crippen molar-refractivity contribution >= 4 is 51.9 Å². The van der Waals surface area contributed by atoms with Gasteiger partial charge in [-0.2, -0.15) is 0 Å². The van der Waals surface area contributed by atoms with Crippen molar-refractivity contribution in [2.45, 2.75) is 11.3 Å². The highest BCUT2D eigenvalue weighted by Gasteiger charge is 2.24. The molecule has 0 bridgehead atoms. The molecular formula is C18H22N6O4S2. The van der Waals surface area contributed by atoms with Crippen LogP contribution in [0.25, 0.3) is 0 Å². The lowest BCUT2D eigenvalue weighted by molar-refractivity contribution is -0.129. The Balaban J connectivity index is 1.40. The molecule has 1 aliphatic heterocycles. The zero-order valence-corrected chi connectivity index (χ0v) is 18.0. The van der Waals surface area contributed by atoms with Gasteiger partial charge in [0.1, 0.15) is 0 Å². The molecule has 2 heterocycles. The van der Waals surface area contributed by atoms with Crippen molar-refractivity contribution in [2.24, 2.45) is 0 Å². The molecule has 2 N–H and O–H groups in total. The van der Waals surface area contributed by atoms with Crippen molar-refractivity contribution in [3.05, 3.63) is 30.3 Å². The average molecular weight is 451 g/mol. The van der Waals surface area contributed by atoms with Crippen LogP contribution in [0.15, 0.2) is 34.7 Å². The number of ether oxygens (including phenoxy) is 1. The smallest absolute Gasteiger partial charge is 0.413 e. The Morgan fingerprint density at radius 1 is 1.07 bits per heavy atom. The van der Waals surface area contributed by atoms with Crippen LogP contribution in [0.2, 0.25) is 0 Å². The van der Waals surface area contributed by atoms with Crippen LogP contribution in [0, 0.1) is 0 Å². The molecule has 0 radical (unpaired) electrons. The molecule has 0 spiro atoms. The number of anilines is 2. The summed E-state index contributed by atoms with van der Waals surface area (Å²) in [6.07, 6.45) is -0.588. The Bertz CT molecular complexity index is 871. The van der Waals surface area contributed by atoms with Gasteiger partial charge in [-0.1, -0.05) is 41.3 Å². The van der Waals surface area contributed by atoms with Crippen molar-refractivity contribution in [1.82, 2.24) is 20.0 Å². The van der Waals surface area contributed by atoms with Gasteiger partial charge in [-0.25, -0.2) is 9.59 Å². The van der Waals surface area contributed by atoms with Crippen molar-refractivity contribution < 1.29 is 19.1 Å². The van der Waals surface area contributed by atoms with Crippen LogP contribution >= 0.6 is 23.1 Å². The second-order valence-electron chi connectivity index (χ2n) is 6.17. The van der Waals surface area contributed by atoms with E-state index >= 15 is 0 Å². The summed E-state index contributed by atoms with van der Waals surface area (Å²) < 4.78 is 5.36. The molecule has 1 fully saturated rings. The molecule has 1 aliphatic rings. The second-order valence-corrected chi connectivity index (χ2v) is 8.37. The number of urea groups is 1. The zero-order valence-electron chi connectivity index (χ0n) is 16.4. The van der Waals surface area contributed by atoms with E-state index in [0.29, 0.717) is 35.7 Å². The van der Waals surface area contributed by atoms with E-state index in [1.54, 1.807) is 16.7 Å². The number of hydrogen-bond donors (Lipinski definition) is 2. The van der Waals surface area contributed by atoms with Gasteiger partial charge >= 0.3 is 12.1 Å². The summed E-state index contributed by atoms with van der Waals surface area (Å²) in [5.41, 5.74) is 0.742. The second kappa shape index (κ2) is 10.8. The Kier molecular flexibility index (Phi) is 7.85. The molecule has 4 amide bonds. The number of carbonyl (C=O) groups is 3. The number of carbonyl (C=O) groups excluding carboxylic acids is 3. The monoisotopic (exact) mass is 450 g/mol. The van der Waals surface area contributed by atoms with E-state index in [4.69, 9.17) is 4.74 Å². The lowest BCUT2D eigenvalue weighted by Crippen LogP contribution is -2.52. The van der Waals surface area contributed by atoms with E-state index < -0.39 is 6.09 Å². The highest BCUT2D eigenvalue weighted by Crippen LogP contribution is 2.26. The van der Waals surface area contributed by atoms with Gasteiger partial charge in [0.2, 0.25) is 11.0 Å². The number of thioether (sulfide) groups is 1. The molecule has 0 atom stereocenters. The van der Waals surface area contributed by atoms with Gasteiger partial charge in [0, 0.05) is 31.9 Å². The van der Waals surface area contributed by atoms with E-state index in [1.807, 2.05) is 30.3 Å². The number of amides is 4. The van der Waals surface area contributed by atoms with Crippen LogP contribution in [0.3, 0.4) is 0 Å². The number of nitrogens with one attached hydrogen (secondary N) is 2. The lowest BCUT2D eigenvalue weighted by Gasteiger charge is -2.34. The van der Waals surface area contributed by atoms with Gasteiger partial charge in [-0.15, -0.1) is 10.2 Å². The van der Waals surface area contributed by atoms with E-state index in [2.05, 4.69) is 20.8 Å². The summed E-state index contributed by atoms with van der Waals surface area (Å²) in [5, 5.41) is 13.5. The minimum atomic E-state index is -0.588. The fourth-order valence-electron chi connectivity index (χ4n) is 2.67. The molecule has 0 saturated carbocycles. The zero-order chi connectivity index (χ0) is 21.3. The molecule has 0 aliphatic carbocycles. The molecule has 160 valence electrons. The Morgan fingerprint density at radius 2 is 1.77 bits per heavy atom. The molecule has 12 heteroatoms. The van der Waals surface area contributed by atoms with Gasteiger partial charge in [-0.05, 0) is 19.1 Å². The van der Waals surface area contributed by atoms with Crippen molar-refractivity contribution in [3.63, 3.8) is 0 Å². The number of hydrogen-bond acceptors (Lipinski definition) is 8. The summed E-state index contributed by atoms with van der Waals surface area (Å²) in [7, 11) is 0. The van der Waals surface area contributed by atoms with E-state index in [0.717, 1.165) is 5.69 Å². The first-order chi connectivity index (χ1) is 14.5. The van der Waals surface area contributed by atoms with Crippen LogP contribution in [0.1, 0.15) is 6.92 Å². The maximum absolute atomic E-state index is 12.5. The predicted octanol–water partition coefficient (Wildman–Crippen LogP) is 2.57. The molecule has 1 saturated heterocycles. The van der Waals surface area contributed by atoms with Gasteiger partial charge < -0.3 is 19.9 Å². The fraction of sp³-hybridized carbons (Fsp3) is 0.389. The third-order valence-electron chi connectivity index (χ3n) is 4.15. The van der Waals surface area contributed by atoms with Crippen molar-refractivity contribution in [3.8, 4) is 0 Å². The summed E-state index contributed by atoms with van der Waals surface area (Å²) in [4.78, 5) is 39.6. The van der Waals surface area contributed by atoms with Gasteiger partial charge in [-0.3, -0.25) is 10.1 Å². The SMILES string of the molecule is CCOC(=O)Nc1nnc(SCC(=O)N2CCN(C(=O)Nc3ccccc3)CC2)s1. The third kappa shape index (κ3) is 6.32. The topological polar surface area (TPSA) is 117 Å². The molecule has 3 rings (SSSR count). The van der Waals surface area contributed by atoms with Crippen LogP contribution in [0.5, 0.6) is 0 Å². The number of aromatic nitrogens is 2. The summed E-state index contributed by atoms with van der Waals surface area (Å²) in [6, 6.07) is 9.09. The fourth-order valence-corrected chi connectivity index (χ4v) is 4.31. The van der Waals surface area contributed by atoms with E-state index in [1.165, 1.54) is 23.1 Å². The standard InChI is InChI=1S/C18H22N6O4S2/c1-2-28-17(27)20-15-21-22-18(30-15)29-12-14(25)23-8-10-24(11-9-23)16(26)19-13-6-4-3-5-7-13/h3-7H,2,8-12H2,1H3,(H,19,26)(H,20,21,27). The normalized spacial score (nSPS) is 13.6. The first-order valence-electron chi connectivity index (χ1n) is 9.34. The maximum Gasteiger partial charge on any atom is 0.413 e. The van der Waals surface area contributed by atoms with Gasteiger partial charge in [0.25, 0.3) is 0 Å². The third-order valence-corrected chi connectivity index (χ3v) is 6.11. The predicted molar refractivity (Wildman–Crippen MR) is 115 cm³/mol. The van der Waals surface area contributed by atoms with Crippen molar-refractivity contribution in [1.29, 1.82) is 0 Å². The quantitative estimate of drug-likeness (QED) is 0.513. The number of rotatable bonds is 6. The Morgan fingerprint density at radius 3 is 2.47 bits per heavy atom. The lowest BCUT2D eigenvalue weighted by atomic mass is 10.3. The number of benzene rings is 1. The first kappa shape index (κ1) is 21.8. The van der Waals surface area contributed by atoms with E-state index in [-0.39, 0.29) is 24.3 Å². The molecular weight excluding hydrogens is 428 g/mol. The number of nitrogens with zero attached hydrogens (tertiary/aromatic N) is 4. The minimum Gasteiger partial charge on any atom is -0.450 e. The van der Waals surface area contributed by atoms with Crippen LogP contribution in [-0.2, 0) is 9.53 Å². The average Bonchev–Trinajstić information content (AvgIpc) is 3.20. The summed E-state index contributed by atoms with van der Waals surface area (Å²) in [6.45, 7) is 3.88. The highest BCUT2D eigenvalue weighted by molar-refractivity contribution is 8.01. The molecule has 1 aromatic heterocycles. The van der Waals surface area contributed by atoms with Crippen LogP contribution in [0.4, 0.5) is 20.4 Å². The first-order valence-corrected chi connectivity index (χ1v) is 11.1. The minimum absolute atomic E-state index is 0.0294. The van der Waals surface area contributed by atoms with Gasteiger partial charge in [0.05, 0.1) is 12.4 Å². The van der Waals surface area contributed by atoms with Crippen LogP contribution in [-0.4, -0.2) is 76.6 Å². The van der Waals surface area contributed by atoms with Crippen LogP contribution < -0.4 is 10.6 Å². The summed E-state index contributed by atoms with van der Waals surface area (Å²) in [5.74, 6) is 0.183. The molecule has 0 unspecified atom stereocenters. The van der Waals surface area contributed by atoms with E-state index in [9.17, 15) is 14.4 Å². The molecule has 30 heavy (non-hydrogen) atoms. The molecule has 1 aromatic carbocycles. The number of para-hydroxylation sites is 1. The maximum atomic E-state index is 12.5. The Labute approximate surface area is 182 Å². The highest BCUT2D eigenvalue weighted by atomic mass is 32.2. The molecule has 2 aromatic rings. The number of piperazine rings is 1. The van der Waals surface area contributed by atoms with Gasteiger partial charge in [0.15, 0.2) is 4.34 Å². The van der Waals surface area contributed by atoms with Crippen molar-refractivity contribution in [2.75, 3.05) is 49.2 Å².